The van der Waals surface area contributed by atoms with E-state index in [1.807, 2.05) is 17.5 Å². The summed E-state index contributed by atoms with van der Waals surface area (Å²) < 4.78 is 0. The molecule has 0 unspecified atom stereocenters. The van der Waals surface area contributed by atoms with Gasteiger partial charge in [0, 0.05) is 11.9 Å². The number of thiophene rings is 1. The SMILES string of the molecule is CN(N)C(=O)Cc1cccs1. The summed E-state index contributed by atoms with van der Waals surface area (Å²) >= 11 is 1.57. The van der Waals surface area contributed by atoms with E-state index >= 15 is 0 Å². The quantitative estimate of drug-likeness (QED) is 0.402. The fourth-order valence-electron chi connectivity index (χ4n) is 0.687. The maximum atomic E-state index is 11.0. The van der Waals surface area contributed by atoms with E-state index in [1.165, 1.54) is 0 Å². The van der Waals surface area contributed by atoms with Crippen molar-refractivity contribution < 1.29 is 4.79 Å². The molecule has 60 valence electrons. The van der Waals surface area contributed by atoms with E-state index in [4.69, 9.17) is 5.84 Å². The number of hydrazine groups is 1. The van der Waals surface area contributed by atoms with Crippen LogP contribution in [0.5, 0.6) is 0 Å². The first-order valence-corrected chi connectivity index (χ1v) is 4.12. The third-order valence-corrected chi connectivity index (χ3v) is 2.18. The van der Waals surface area contributed by atoms with Gasteiger partial charge >= 0.3 is 0 Å². The van der Waals surface area contributed by atoms with Crippen LogP contribution in [0.3, 0.4) is 0 Å². The van der Waals surface area contributed by atoms with Crippen molar-refractivity contribution in [1.82, 2.24) is 5.01 Å². The van der Waals surface area contributed by atoms with Gasteiger partial charge < -0.3 is 0 Å². The fraction of sp³-hybridized carbons (Fsp3) is 0.286. The molecule has 11 heavy (non-hydrogen) atoms. The maximum absolute atomic E-state index is 11.0. The summed E-state index contributed by atoms with van der Waals surface area (Å²) in [6, 6.07) is 3.84. The van der Waals surface area contributed by atoms with Crippen molar-refractivity contribution in [2.45, 2.75) is 6.42 Å². The molecular formula is C7H10N2OS. The van der Waals surface area contributed by atoms with Crippen molar-refractivity contribution in [1.29, 1.82) is 0 Å². The summed E-state index contributed by atoms with van der Waals surface area (Å²) in [5, 5.41) is 3.05. The van der Waals surface area contributed by atoms with Crippen molar-refractivity contribution in [3.05, 3.63) is 22.4 Å². The second kappa shape index (κ2) is 3.50. The molecule has 0 spiro atoms. The van der Waals surface area contributed by atoms with E-state index in [0.717, 1.165) is 9.89 Å². The molecule has 0 radical (unpaired) electrons. The monoisotopic (exact) mass is 170 g/mol. The first kappa shape index (κ1) is 8.23. The Hall–Kier alpha value is -0.870. The van der Waals surface area contributed by atoms with E-state index in [9.17, 15) is 4.79 Å². The van der Waals surface area contributed by atoms with Gasteiger partial charge in [-0.15, -0.1) is 11.3 Å². The van der Waals surface area contributed by atoms with Gasteiger partial charge in [0.15, 0.2) is 0 Å². The highest BCUT2D eigenvalue weighted by Crippen LogP contribution is 2.09. The summed E-state index contributed by atoms with van der Waals surface area (Å²) in [5.41, 5.74) is 0. The first-order chi connectivity index (χ1) is 5.20. The smallest absolute Gasteiger partial charge is 0.241 e. The molecule has 1 rings (SSSR count). The number of carbonyl (C=O) groups excluding carboxylic acids is 1. The topological polar surface area (TPSA) is 46.3 Å². The van der Waals surface area contributed by atoms with Crippen LogP contribution in [0.2, 0.25) is 0 Å². The van der Waals surface area contributed by atoms with Crippen LogP contribution in [0, 0.1) is 0 Å². The average molecular weight is 170 g/mol. The van der Waals surface area contributed by atoms with Crippen LogP contribution in [0.1, 0.15) is 4.88 Å². The van der Waals surface area contributed by atoms with Gasteiger partial charge in [-0.25, -0.2) is 5.84 Å². The summed E-state index contributed by atoms with van der Waals surface area (Å²) in [5.74, 6) is 5.18. The minimum absolute atomic E-state index is 0.0625. The van der Waals surface area contributed by atoms with Crippen molar-refractivity contribution in [3.63, 3.8) is 0 Å². The minimum Gasteiger partial charge on any atom is -0.284 e. The Labute approximate surface area is 69.4 Å². The zero-order valence-electron chi connectivity index (χ0n) is 6.28. The molecule has 0 aliphatic carbocycles. The fourth-order valence-corrected chi connectivity index (χ4v) is 1.38. The van der Waals surface area contributed by atoms with Gasteiger partial charge in [0.2, 0.25) is 5.91 Å². The summed E-state index contributed by atoms with van der Waals surface area (Å²) in [4.78, 5) is 12.1. The van der Waals surface area contributed by atoms with Crippen LogP contribution in [-0.4, -0.2) is 18.0 Å². The van der Waals surface area contributed by atoms with Crippen LogP contribution in [0.25, 0.3) is 0 Å². The number of nitrogens with zero attached hydrogens (tertiary/aromatic N) is 1. The largest absolute Gasteiger partial charge is 0.284 e. The Morgan fingerprint density at radius 2 is 2.55 bits per heavy atom. The van der Waals surface area contributed by atoms with Gasteiger partial charge in [0.25, 0.3) is 0 Å². The van der Waals surface area contributed by atoms with Crippen molar-refractivity contribution >= 4 is 17.2 Å². The number of rotatable bonds is 2. The number of hydrogen-bond donors (Lipinski definition) is 1. The molecule has 1 aromatic rings. The van der Waals surface area contributed by atoms with E-state index in [0.29, 0.717) is 6.42 Å². The molecule has 4 heteroatoms. The predicted octanol–water partition coefficient (Wildman–Crippen LogP) is 0.623. The molecule has 1 amide bonds. The van der Waals surface area contributed by atoms with E-state index in [2.05, 4.69) is 0 Å². The zero-order valence-corrected chi connectivity index (χ0v) is 7.10. The Bertz CT molecular complexity index is 231. The lowest BCUT2D eigenvalue weighted by atomic mass is 10.3. The van der Waals surface area contributed by atoms with Gasteiger partial charge in [-0.3, -0.25) is 9.80 Å². The van der Waals surface area contributed by atoms with Crippen LogP contribution in [0.15, 0.2) is 17.5 Å². The Balaban J connectivity index is 2.50. The normalized spacial score (nSPS) is 9.64. The maximum Gasteiger partial charge on any atom is 0.241 e. The van der Waals surface area contributed by atoms with Crippen molar-refractivity contribution in [2.75, 3.05) is 7.05 Å². The number of nitrogens with two attached hydrogens (primary N) is 1. The summed E-state index contributed by atoms with van der Waals surface area (Å²) in [6.45, 7) is 0. The Kier molecular flexibility index (Phi) is 2.62. The molecule has 1 heterocycles. The molecule has 0 fully saturated rings. The number of hydrogen-bond acceptors (Lipinski definition) is 3. The molecule has 3 nitrogen and oxygen atoms in total. The number of amides is 1. The molecule has 0 saturated heterocycles. The van der Waals surface area contributed by atoms with E-state index < -0.39 is 0 Å². The van der Waals surface area contributed by atoms with Crippen molar-refractivity contribution in [2.24, 2.45) is 5.84 Å². The van der Waals surface area contributed by atoms with Crippen LogP contribution in [0.4, 0.5) is 0 Å². The Morgan fingerprint density at radius 1 is 1.82 bits per heavy atom. The molecule has 0 aliphatic heterocycles. The van der Waals surface area contributed by atoms with E-state index in [1.54, 1.807) is 18.4 Å². The molecule has 0 aliphatic rings. The molecule has 2 N–H and O–H groups in total. The summed E-state index contributed by atoms with van der Waals surface area (Å²) in [6.07, 6.45) is 0.407. The third-order valence-electron chi connectivity index (χ3n) is 1.30. The van der Waals surface area contributed by atoms with Gasteiger partial charge in [-0.2, -0.15) is 0 Å². The molecular weight excluding hydrogens is 160 g/mol. The predicted molar refractivity (Wildman–Crippen MR) is 45.0 cm³/mol. The standard InChI is InChI=1S/C7H10N2OS/c1-9(8)7(10)5-6-3-2-4-11-6/h2-4H,5,8H2,1H3. The van der Waals surface area contributed by atoms with E-state index in [-0.39, 0.29) is 5.91 Å². The highest BCUT2D eigenvalue weighted by atomic mass is 32.1. The lowest BCUT2D eigenvalue weighted by Gasteiger charge is -2.07. The van der Waals surface area contributed by atoms with Crippen LogP contribution < -0.4 is 5.84 Å². The average Bonchev–Trinajstić information content (AvgIpc) is 2.39. The lowest BCUT2D eigenvalue weighted by molar-refractivity contribution is -0.129. The molecule has 0 bridgehead atoms. The second-order valence-corrected chi connectivity index (χ2v) is 3.29. The summed E-state index contributed by atoms with van der Waals surface area (Å²) in [7, 11) is 1.55. The first-order valence-electron chi connectivity index (χ1n) is 3.24. The van der Waals surface area contributed by atoms with Crippen LogP contribution in [-0.2, 0) is 11.2 Å². The second-order valence-electron chi connectivity index (χ2n) is 2.26. The number of likely N-dealkylation sites (N-methyl/N-ethyl adjacent to an activating group) is 1. The van der Waals surface area contributed by atoms with Crippen LogP contribution >= 0.6 is 11.3 Å². The van der Waals surface area contributed by atoms with Gasteiger partial charge in [-0.05, 0) is 11.4 Å². The lowest BCUT2D eigenvalue weighted by Crippen LogP contribution is -2.34. The molecule has 1 aromatic heterocycles. The van der Waals surface area contributed by atoms with Gasteiger partial charge in [0.1, 0.15) is 0 Å². The zero-order chi connectivity index (χ0) is 8.27. The molecule has 0 saturated carbocycles. The highest BCUT2D eigenvalue weighted by Gasteiger charge is 2.05. The third kappa shape index (κ3) is 2.32. The Morgan fingerprint density at radius 3 is 3.00 bits per heavy atom. The van der Waals surface area contributed by atoms with Gasteiger partial charge in [0.05, 0.1) is 6.42 Å². The highest BCUT2D eigenvalue weighted by molar-refractivity contribution is 7.10. The molecule has 0 atom stereocenters. The number of carbonyl (C=O) groups is 1. The van der Waals surface area contributed by atoms with Crippen molar-refractivity contribution in [3.8, 4) is 0 Å². The molecule has 0 aromatic carbocycles. The minimum atomic E-state index is -0.0625. The van der Waals surface area contributed by atoms with Gasteiger partial charge in [-0.1, -0.05) is 6.07 Å².